The number of nitrogens with zero attached hydrogens (tertiary/aromatic N) is 2. The standard InChI is InChI=1S/C20H25N3O3S/c1-3-23(18-9-11-27(25,26)14-18)17-8-10-21-19(12-17)20(24)22-13-16-7-5-4-6-15(16)2/h4-8,10,12,18H,3,9,11,13-14H2,1-2H3,(H,22,24). The third kappa shape index (κ3) is 4.66. The Hall–Kier alpha value is -2.41. The van der Waals surface area contributed by atoms with Crippen LogP contribution in [0.25, 0.3) is 0 Å². The molecule has 1 aromatic heterocycles. The monoisotopic (exact) mass is 387 g/mol. The fourth-order valence-corrected chi connectivity index (χ4v) is 5.20. The number of benzene rings is 1. The van der Waals surface area contributed by atoms with E-state index in [2.05, 4.69) is 10.3 Å². The number of hydrogen-bond acceptors (Lipinski definition) is 5. The lowest BCUT2D eigenvalue weighted by Crippen LogP contribution is -2.36. The van der Waals surface area contributed by atoms with Crippen LogP contribution in [-0.4, -0.2) is 43.4 Å². The molecule has 2 heterocycles. The van der Waals surface area contributed by atoms with E-state index in [1.54, 1.807) is 12.3 Å². The van der Waals surface area contributed by atoms with Crippen LogP contribution in [0.2, 0.25) is 0 Å². The molecule has 3 rings (SSSR count). The molecule has 1 N–H and O–H groups in total. The molecular formula is C20H25N3O3S. The van der Waals surface area contributed by atoms with E-state index in [4.69, 9.17) is 0 Å². The molecule has 1 saturated heterocycles. The number of rotatable bonds is 6. The molecule has 7 heteroatoms. The largest absolute Gasteiger partial charge is 0.368 e. The first kappa shape index (κ1) is 19.4. The number of carbonyl (C=O) groups is 1. The predicted octanol–water partition coefficient (Wildman–Crippen LogP) is 2.33. The number of pyridine rings is 1. The van der Waals surface area contributed by atoms with Crippen LogP contribution in [0, 0.1) is 6.92 Å². The third-order valence-electron chi connectivity index (χ3n) is 5.00. The number of sulfone groups is 1. The highest BCUT2D eigenvalue weighted by Crippen LogP contribution is 2.24. The first-order valence-electron chi connectivity index (χ1n) is 9.15. The minimum Gasteiger partial charge on any atom is -0.368 e. The lowest BCUT2D eigenvalue weighted by atomic mass is 10.1. The Labute approximate surface area is 160 Å². The van der Waals surface area contributed by atoms with Gasteiger partial charge in [-0.05, 0) is 43.5 Å². The Morgan fingerprint density at radius 1 is 1.30 bits per heavy atom. The van der Waals surface area contributed by atoms with E-state index in [1.165, 1.54) is 0 Å². The summed E-state index contributed by atoms with van der Waals surface area (Å²) in [6.45, 7) is 5.11. The topological polar surface area (TPSA) is 79.4 Å². The van der Waals surface area contributed by atoms with Crippen molar-refractivity contribution in [3.8, 4) is 0 Å². The van der Waals surface area contributed by atoms with Crippen molar-refractivity contribution in [2.24, 2.45) is 0 Å². The van der Waals surface area contributed by atoms with Gasteiger partial charge in [0.05, 0.1) is 11.5 Å². The van der Waals surface area contributed by atoms with Crippen molar-refractivity contribution in [2.75, 3.05) is 23.0 Å². The van der Waals surface area contributed by atoms with Gasteiger partial charge in [-0.25, -0.2) is 8.42 Å². The Morgan fingerprint density at radius 2 is 2.07 bits per heavy atom. The van der Waals surface area contributed by atoms with Gasteiger partial charge in [0.1, 0.15) is 5.69 Å². The fourth-order valence-electron chi connectivity index (χ4n) is 3.47. The predicted molar refractivity (Wildman–Crippen MR) is 107 cm³/mol. The van der Waals surface area contributed by atoms with Gasteiger partial charge in [0.15, 0.2) is 9.84 Å². The maximum Gasteiger partial charge on any atom is 0.270 e. The maximum absolute atomic E-state index is 12.5. The minimum absolute atomic E-state index is 0.0507. The van der Waals surface area contributed by atoms with Crippen LogP contribution in [0.4, 0.5) is 5.69 Å². The summed E-state index contributed by atoms with van der Waals surface area (Å²) in [6.07, 6.45) is 2.22. The van der Waals surface area contributed by atoms with E-state index in [0.717, 1.165) is 16.8 Å². The van der Waals surface area contributed by atoms with Gasteiger partial charge in [0.25, 0.3) is 5.91 Å². The van der Waals surface area contributed by atoms with Crippen molar-refractivity contribution < 1.29 is 13.2 Å². The number of carbonyl (C=O) groups excluding carboxylic acids is 1. The van der Waals surface area contributed by atoms with Gasteiger partial charge in [-0.15, -0.1) is 0 Å². The van der Waals surface area contributed by atoms with E-state index in [9.17, 15) is 13.2 Å². The highest BCUT2D eigenvalue weighted by atomic mass is 32.2. The van der Waals surface area contributed by atoms with Crippen LogP contribution in [0.1, 0.15) is 35.0 Å². The molecule has 1 aliphatic rings. The third-order valence-corrected chi connectivity index (χ3v) is 6.75. The maximum atomic E-state index is 12.5. The summed E-state index contributed by atoms with van der Waals surface area (Å²) in [7, 11) is -2.96. The van der Waals surface area contributed by atoms with Crippen molar-refractivity contribution in [3.63, 3.8) is 0 Å². The summed E-state index contributed by atoms with van der Waals surface area (Å²) < 4.78 is 23.6. The molecule has 1 aliphatic heterocycles. The summed E-state index contributed by atoms with van der Waals surface area (Å²) in [5.74, 6) is 0.149. The van der Waals surface area contributed by atoms with Gasteiger partial charge >= 0.3 is 0 Å². The van der Waals surface area contributed by atoms with Crippen LogP contribution < -0.4 is 10.2 Å². The van der Waals surface area contributed by atoms with Crippen LogP contribution in [0.5, 0.6) is 0 Å². The van der Waals surface area contributed by atoms with Crippen LogP contribution in [-0.2, 0) is 16.4 Å². The van der Waals surface area contributed by atoms with Crippen LogP contribution in [0.15, 0.2) is 42.6 Å². The molecule has 0 radical (unpaired) electrons. The van der Waals surface area contributed by atoms with E-state index >= 15 is 0 Å². The number of hydrogen-bond donors (Lipinski definition) is 1. The number of aryl methyl sites for hydroxylation is 1. The molecule has 0 aliphatic carbocycles. The molecule has 1 atom stereocenters. The Kier molecular flexibility index (Phi) is 5.79. The number of nitrogens with one attached hydrogen (secondary N) is 1. The quantitative estimate of drug-likeness (QED) is 0.823. The van der Waals surface area contributed by atoms with Gasteiger partial charge in [-0.1, -0.05) is 24.3 Å². The Morgan fingerprint density at radius 3 is 2.74 bits per heavy atom. The molecule has 27 heavy (non-hydrogen) atoms. The molecule has 1 unspecified atom stereocenters. The summed E-state index contributed by atoms with van der Waals surface area (Å²) in [6, 6.07) is 11.4. The average Bonchev–Trinajstić information content (AvgIpc) is 3.01. The number of aromatic nitrogens is 1. The molecular weight excluding hydrogens is 362 g/mol. The molecule has 0 spiro atoms. The van der Waals surface area contributed by atoms with E-state index in [1.807, 2.05) is 49.1 Å². The van der Waals surface area contributed by atoms with Crippen molar-refractivity contribution in [1.29, 1.82) is 0 Å². The average molecular weight is 388 g/mol. The molecule has 0 bridgehead atoms. The van der Waals surface area contributed by atoms with Gasteiger partial charge in [0, 0.05) is 31.0 Å². The van der Waals surface area contributed by atoms with Crippen molar-refractivity contribution >= 4 is 21.4 Å². The van der Waals surface area contributed by atoms with Crippen LogP contribution >= 0.6 is 0 Å². The zero-order chi connectivity index (χ0) is 19.4. The second-order valence-corrected chi connectivity index (χ2v) is 9.08. The molecule has 144 valence electrons. The van der Waals surface area contributed by atoms with Crippen molar-refractivity contribution in [1.82, 2.24) is 10.3 Å². The van der Waals surface area contributed by atoms with E-state index in [-0.39, 0.29) is 23.5 Å². The van der Waals surface area contributed by atoms with Crippen molar-refractivity contribution in [3.05, 3.63) is 59.4 Å². The Bertz CT molecular complexity index is 928. The zero-order valence-electron chi connectivity index (χ0n) is 15.7. The lowest BCUT2D eigenvalue weighted by molar-refractivity contribution is 0.0946. The first-order valence-corrected chi connectivity index (χ1v) is 11.0. The van der Waals surface area contributed by atoms with Crippen molar-refractivity contribution in [2.45, 2.75) is 32.9 Å². The SMILES string of the molecule is CCN(c1ccnc(C(=O)NCc2ccccc2C)c1)C1CCS(=O)(=O)C1. The smallest absolute Gasteiger partial charge is 0.270 e. The molecule has 2 aromatic rings. The summed E-state index contributed by atoms with van der Waals surface area (Å²) >= 11 is 0. The van der Waals surface area contributed by atoms with Gasteiger partial charge in [-0.2, -0.15) is 0 Å². The summed E-state index contributed by atoms with van der Waals surface area (Å²) in [5.41, 5.74) is 3.35. The van der Waals surface area contributed by atoms with Gasteiger partial charge < -0.3 is 10.2 Å². The zero-order valence-corrected chi connectivity index (χ0v) is 16.5. The fraction of sp³-hybridized carbons (Fsp3) is 0.400. The highest BCUT2D eigenvalue weighted by Gasteiger charge is 2.32. The van der Waals surface area contributed by atoms with E-state index < -0.39 is 9.84 Å². The molecule has 1 aromatic carbocycles. The molecule has 1 amide bonds. The van der Waals surface area contributed by atoms with Gasteiger partial charge in [0.2, 0.25) is 0 Å². The molecule has 0 saturated carbocycles. The normalized spacial score (nSPS) is 18.2. The molecule has 1 fully saturated rings. The van der Waals surface area contributed by atoms with E-state index in [0.29, 0.717) is 25.2 Å². The molecule has 6 nitrogen and oxygen atoms in total. The number of amides is 1. The van der Waals surface area contributed by atoms with Gasteiger partial charge in [-0.3, -0.25) is 9.78 Å². The van der Waals surface area contributed by atoms with Crippen LogP contribution in [0.3, 0.4) is 0 Å². The summed E-state index contributed by atoms with van der Waals surface area (Å²) in [5, 5.41) is 2.91. The first-order chi connectivity index (χ1) is 12.9. The lowest BCUT2D eigenvalue weighted by Gasteiger charge is -2.29. The minimum atomic E-state index is -2.96. The second-order valence-electron chi connectivity index (χ2n) is 6.85. The Balaban J connectivity index is 1.72. The summed E-state index contributed by atoms with van der Waals surface area (Å²) in [4.78, 5) is 18.8. The number of anilines is 1. The second kappa shape index (κ2) is 8.08. The highest BCUT2D eigenvalue weighted by molar-refractivity contribution is 7.91.